The van der Waals surface area contributed by atoms with Crippen LogP contribution in [0.2, 0.25) is 0 Å². The van der Waals surface area contributed by atoms with Gasteiger partial charge in [-0.15, -0.1) is 0 Å². The van der Waals surface area contributed by atoms with Crippen molar-refractivity contribution in [2.45, 2.75) is 0 Å². The zero-order valence-corrected chi connectivity index (χ0v) is 10.1. The molecule has 0 aliphatic carbocycles. The van der Waals surface area contributed by atoms with Gasteiger partial charge in [-0.2, -0.15) is 0 Å². The van der Waals surface area contributed by atoms with E-state index >= 15 is 0 Å². The van der Waals surface area contributed by atoms with Crippen LogP contribution < -0.4 is 0 Å². The lowest BCUT2D eigenvalue weighted by Crippen LogP contribution is -1.86. The molecule has 0 saturated heterocycles. The molecular formula is C13H12BrN. The molecule has 0 bridgehead atoms. The Morgan fingerprint density at radius 3 is 2.40 bits per heavy atom. The van der Waals surface area contributed by atoms with Crippen molar-refractivity contribution in [3.8, 4) is 0 Å². The van der Waals surface area contributed by atoms with Crippen LogP contribution in [0.15, 0.2) is 47.1 Å². The van der Waals surface area contributed by atoms with Crippen LogP contribution in [0.25, 0.3) is 12.2 Å². The molecular weight excluding hydrogens is 250 g/mol. The number of aromatic nitrogens is 1. The maximum absolute atomic E-state index is 3.42. The molecule has 0 spiro atoms. The fourth-order valence-corrected chi connectivity index (χ4v) is 1.67. The number of hydrogen-bond acceptors (Lipinski definition) is 0. The van der Waals surface area contributed by atoms with E-state index < -0.39 is 0 Å². The second-order valence-corrected chi connectivity index (χ2v) is 4.34. The largest absolute Gasteiger partial charge is 0.351 e. The van der Waals surface area contributed by atoms with E-state index in [4.69, 9.17) is 0 Å². The summed E-state index contributed by atoms with van der Waals surface area (Å²) < 4.78 is 3.20. The van der Waals surface area contributed by atoms with Gasteiger partial charge < -0.3 is 4.57 Å². The average molecular weight is 262 g/mol. The molecule has 15 heavy (non-hydrogen) atoms. The molecule has 1 heterocycles. The Balaban J connectivity index is 2.19. The highest BCUT2D eigenvalue weighted by atomic mass is 79.9. The summed E-state index contributed by atoms with van der Waals surface area (Å²) in [6, 6.07) is 12.4. The van der Waals surface area contributed by atoms with Crippen LogP contribution in [0.4, 0.5) is 0 Å². The maximum Gasteiger partial charge on any atom is 0.0404 e. The molecule has 1 aromatic carbocycles. The maximum atomic E-state index is 3.42. The summed E-state index contributed by atoms with van der Waals surface area (Å²) in [5.41, 5.74) is 2.41. The first-order valence-corrected chi connectivity index (χ1v) is 5.60. The van der Waals surface area contributed by atoms with Gasteiger partial charge in [0.25, 0.3) is 0 Å². The van der Waals surface area contributed by atoms with E-state index in [0.29, 0.717) is 0 Å². The van der Waals surface area contributed by atoms with Gasteiger partial charge in [0.15, 0.2) is 0 Å². The number of aryl methyl sites for hydroxylation is 1. The van der Waals surface area contributed by atoms with Gasteiger partial charge >= 0.3 is 0 Å². The molecule has 76 valence electrons. The Morgan fingerprint density at radius 2 is 1.80 bits per heavy atom. The minimum absolute atomic E-state index is 1.11. The van der Waals surface area contributed by atoms with Crippen molar-refractivity contribution in [2.75, 3.05) is 0 Å². The Hall–Kier alpha value is -1.28. The van der Waals surface area contributed by atoms with E-state index in [1.54, 1.807) is 0 Å². The monoisotopic (exact) mass is 261 g/mol. The fraction of sp³-hybridized carbons (Fsp3) is 0.0769. The molecule has 0 radical (unpaired) electrons. The van der Waals surface area contributed by atoms with Crippen LogP contribution in [-0.4, -0.2) is 4.57 Å². The third-order valence-corrected chi connectivity index (χ3v) is 2.83. The molecule has 2 rings (SSSR count). The van der Waals surface area contributed by atoms with Crippen LogP contribution in [0.3, 0.4) is 0 Å². The first-order valence-electron chi connectivity index (χ1n) is 4.81. The average Bonchev–Trinajstić information content (AvgIpc) is 2.63. The molecule has 0 amide bonds. The number of hydrogen-bond donors (Lipinski definition) is 0. The quantitative estimate of drug-likeness (QED) is 0.772. The van der Waals surface area contributed by atoms with Crippen LogP contribution in [0.5, 0.6) is 0 Å². The van der Waals surface area contributed by atoms with Gasteiger partial charge in [-0.3, -0.25) is 0 Å². The second-order valence-electron chi connectivity index (χ2n) is 3.43. The van der Waals surface area contributed by atoms with Crippen LogP contribution in [0, 0.1) is 0 Å². The van der Waals surface area contributed by atoms with E-state index in [0.717, 1.165) is 4.47 Å². The Kier molecular flexibility index (Phi) is 3.07. The van der Waals surface area contributed by atoms with Crippen molar-refractivity contribution in [3.05, 3.63) is 58.3 Å². The highest BCUT2D eigenvalue weighted by Gasteiger charge is 1.91. The van der Waals surface area contributed by atoms with Gasteiger partial charge in [0.05, 0.1) is 0 Å². The molecule has 0 N–H and O–H groups in total. The number of rotatable bonds is 2. The number of nitrogens with zero attached hydrogens (tertiary/aromatic N) is 1. The van der Waals surface area contributed by atoms with E-state index in [2.05, 4.69) is 50.8 Å². The molecule has 2 aromatic rings. The first-order chi connectivity index (χ1) is 7.25. The van der Waals surface area contributed by atoms with Gasteiger partial charge in [0, 0.05) is 23.4 Å². The second kappa shape index (κ2) is 4.49. The Labute approximate surface area is 98.2 Å². The van der Waals surface area contributed by atoms with Crippen LogP contribution in [0.1, 0.15) is 11.3 Å². The van der Waals surface area contributed by atoms with Crippen molar-refractivity contribution < 1.29 is 0 Å². The van der Waals surface area contributed by atoms with Crippen LogP contribution >= 0.6 is 15.9 Å². The molecule has 0 saturated carbocycles. The summed E-state index contributed by atoms with van der Waals surface area (Å²) in [6.45, 7) is 0. The SMILES string of the molecule is Cn1cccc1C=Cc1ccc(Br)cc1. The minimum Gasteiger partial charge on any atom is -0.351 e. The van der Waals surface area contributed by atoms with E-state index in [1.165, 1.54) is 11.3 Å². The minimum atomic E-state index is 1.11. The van der Waals surface area contributed by atoms with Crippen molar-refractivity contribution in [3.63, 3.8) is 0 Å². The van der Waals surface area contributed by atoms with Gasteiger partial charge in [-0.25, -0.2) is 0 Å². The van der Waals surface area contributed by atoms with Gasteiger partial charge in [-0.05, 0) is 35.9 Å². The first kappa shape index (κ1) is 10.2. The normalized spacial score (nSPS) is 11.1. The van der Waals surface area contributed by atoms with Crippen molar-refractivity contribution in [1.29, 1.82) is 0 Å². The van der Waals surface area contributed by atoms with E-state index in [-0.39, 0.29) is 0 Å². The molecule has 0 aliphatic rings. The van der Waals surface area contributed by atoms with Crippen molar-refractivity contribution in [1.82, 2.24) is 4.57 Å². The van der Waals surface area contributed by atoms with Crippen molar-refractivity contribution in [2.24, 2.45) is 7.05 Å². The topological polar surface area (TPSA) is 4.93 Å². The third-order valence-electron chi connectivity index (χ3n) is 2.30. The zero-order chi connectivity index (χ0) is 10.7. The lowest BCUT2D eigenvalue weighted by atomic mass is 10.2. The predicted molar refractivity (Wildman–Crippen MR) is 68.5 cm³/mol. The molecule has 0 unspecified atom stereocenters. The standard InChI is InChI=1S/C13H12BrN/c1-15-10-2-3-13(15)9-6-11-4-7-12(14)8-5-11/h2-10H,1H3. The summed E-state index contributed by atoms with van der Waals surface area (Å²) in [7, 11) is 2.04. The fourth-order valence-electron chi connectivity index (χ4n) is 1.40. The molecule has 0 aliphatic heterocycles. The lowest BCUT2D eigenvalue weighted by Gasteiger charge is -1.96. The highest BCUT2D eigenvalue weighted by Crippen LogP contribution is 2.13. The molecule has 0 fully saturated rings. The van der Waals surface area contributed by atoms with E-state index in [9.17, 15) is 0 Å². The van der Waals surface area contributed by atoms with E-state index in [1.807, 2.05) is 31.4 Å². The van der Waals surface area contributed by atoms with Gasteiger partial charge in [0.2, 0.25) is 0 Å². The molecule has 1 nitrogen and oxygen atoms in total. The predicted octanol–water partition coefficient (Wildman–Crippen LogP) is 3.96. The summed E-state index contributed by atoms with van der Waals surface area (Å²) in [5, 5.41) is 0. The highest BCUT2D eigenvalue weighted by molar-refractivity contribution is 9.10. The number of benzene rings is 1. The van der Waals surface area contributed by atoms with Gasteiger partial charge in [0.1, 0.15) is 0 Å². The smallest absolute Gasteiger partial charge is 0.0404 e. The lowest BCUT2D eigenvalue weighted by molar-refractivity contribution is 0.915. The van der Waals surface area contributed by atoms with Crippen LogP contribution in [-0.2, 0) is 7.05 Å². The molecule has 0 atom stereocenters. The Bertz CT molecular complexity index is 466. The van der Waals surface area contributed by atoms with Crippen molar-refractivity contribution >= 4 is 28.1 Å². The number of halogens is 1. The summed E-state index contributed by atoms with van der Waals surface area (Å²) in [5.74, 6) is 0. The molecule has 1 aromatic heterocycles. The Morgan fingerprint density at radius 1 is 1.07 bits per heavy atom. The third kappa shape index (κ3) is 2.60. The summed E-state index contributed by atoms with van der Waals surface area (Å²) in [4.78, 5) is 0. The summed E-state index contributed by atoms with van der Waals surface area (Å²) in [6.07, 6.45) is 6.27. The summed E-state index contributed by atoms with van der Waals surface area (Å²) >= 11 is 3.42. The van der Waals surface area contributed by atoms with Gasteiger partial charge in [-0.1, -0.05) is 34.1 Å². The zero-order valence-electron chi connectivity index (χ0n) is 8.52. The molecule has 2 heteroatoms.